The van der Waals surface area contributed by atoms with Crippen LogP contribution in [0.4, 0.5) is 0 Å². The third-order valence-corrected chi connectivity index (χ3v) is 7.33. The molecular formula is C27H29N3OS2. The molecule has 1 saturated heterocycles. The molecule has 0 bridgehead atoms. The molecule has 2 aromatic carbocycles. The van der Waals surface area contributed by atoms with Gasteiger partial charge in [0.1, 0.15) is 4.32 Å². The van der Waals surface area contributed by atoms with Gasteiger partial charge in [0, 0.05) is 23.9 Å². The number of aromatic nitrogens is 2. The predicted octanol–water partition coefficient (Wildman–Crippen LogP) is 6.96. The zero-order valence-corrected chi connectivity index (χ0v) is 20.7. The first kappa shape index (κ1) is 23.5. The van der Waals surface area contributed by atoms with E-state index in [1.54, 1.807) is 4.90 Å². The zero-order chi connectivity index (χ0) is 23.2. The lowest BCUT2D eigenvalue weighted by molar-refractivity contribution is -0.122. The number of thiocarbonyl (C=S) groups is 1. The molecule has 0 saturated carbocycles. The molecule has 1 aliphatic rings. The van der Waals surface area contributed by atoms with E-state index < -0.39 is 0 Å². The van der Waals surface area contributed by atoms with E-state index in [2.05, 4.69) is 13.8 Å². The van der Waals surface area contributed by atoms with Gasteiger partial charge in [-0.2, -0.15) is 5.10 Å². The molecule has 1 aliphatic heterocycles. The Morgan fingerprint density at radius 2 is 1.76 bits per heavy atom. The van der Waals surface area contributed by atoms with Crippen molar-refractivity contribution in [2.24, 2.45) is 5.92 Å². The Kier molecular flexibility index (Phi) is 7.78. The van der Waals surface area contributed by atoms with Crippen molar-refractivity contribution in [3.05, 3.63) is 77.3 Å². The second-order valence-corrected chi connectivity index (χ2v) is 9.96. The molecule has 4 rings (SSSR count). The number of hydrogen-bond donors (Lipinski definition) is 0. The number of hydrogen-bond acceptors (Lipinski definition) is 4. The highest BCUT2D eigenvalue weighted by molar-refractivity contribution is 8.26. The molecule has 1 unspecified atom stereocenters. The number of benzene rings is 2. The van der Waals surface area contributed by atoms with Gasteiger partial charge < -0.3 is 0 Å². The predicted molar refractivity (Wildman–Crippen MR) is 142 cm³/mol. The second-order valence-electron chi connectivity index (χ2n) is 8.29. The molecule has 1 amide bonds. The molecular weight excluding hydrogens is 446 g/mol. The summed E-state index contributed by atoms with van der Waals surface area (Å²) >= 11 is 7.00. The van der Waals surface area contributed by atoms with Gasteiger partial charge in [-0.05, 0) is 30.5 Å². The number of amides is 1. The van der Waals surface area contributed by atoms with Crippen molar-refractivity contribution in [2.75, 3.05) is 6.54 Å². The molecule has 3 aromatic rings. The van der Waals surface area contributed by atoms with E-state index in [0.717, 1.165) is 35.3 Å². The average Bonchev–Trinajstić information content (AvgIpc) is 3.39. The number of carbonyl (C=O) groups is 1. The van der Waals surface area contributed by atoms with Gasteiger partial charge in [-0.15, -0.1) is 0 Å². The highest BCUT2D eigenvalue weighted by Crippen LogP contribution is 2.35. The summed E-state index contributed by atoms with van der Waals surface area (Å²) in [5, 5.41) is 4.86. The van der Waals surface area contributed by atoms with Crippen LogP contribution in [0.1, 0.15) is 45.1 Å². The maximum atomic E-state index is 13.3. The van der Waals surface area contributed by atoms with E-state index in [1.807, 2.05) is 77.6 Å². The smallest absolute Gasteiger partial charge is 0.266 e. The van der Waals surface area contributed by atoms with Crippen LogP contribution in [0.15, 0.2) is 71.8 Å². The Labute approximate surface area is 205 Å². The van der Waals surface area contributed by atoms with Gasteiger partial charge in [-0.25, -0.2) is 4.68 Å². The Morgan fingerprint density at radius 1 is 1.06 bits per heavy atom. The van der Waals surface area contributed by atoms with Gasteiger partial charge in [-0.1, -0.05) is 106 Å². The van der Waals surface area contributed by atoms with Crippen molar-refractivity contribution < 1.29 is 4.79 Å². The Bertz CT molecular complexity index is 1140. The largest absolute Gasteiger partial charge is 0.293 e. The van der Waals surface area contributed by atoms with Gasteiger partial charge in [0.15, 0.2) is 0 Å². The van der Waals surface area contributed by atoms with E-state index in [9.17, 15) is 4.79 Å². The summed E-state index contributed by atoms with van der Waals surface area (Å²) < 4.78 is 2.52. The van der Waals surface area contributed by atoms with E-state index in [-0.39, 0.29) is 5.91 Å². The maximum Gasteiger partial charge on any atom is 0.266 e. The highest BCUT2D eigenvalue weighted by Gasteiger charge is 2.33. The molecule has 6 heteroatoms. The molecule has 33 heavy (non-hydrogen) atoms. The third-order valence-electron chi connectivity index (χ3n) is 5.95. The van der Waals surface area contributed by atoms with Crippen molar-refractivity contribution in [3.8, 4) is 16.9 Å². The summed E-state index contributed by atoms with van der Waals surface area (Å²) in [6, 6.07) is 20.1. The van der Waals surface area contributed by atoms with Crippen LogP contribution < -0.4 is 0 Å². The van der Waals surface area contributed by atoms with Crippen LogP contribution in [0.3, 0.4) is 0 Å². The Hall–Kier alpha value is -2.70. The van der Waals surface area contributed by atoms with Gasteiger partial charge in [-0.3, -0.25) is 9.69 Å². The molecule has 0 spiro atoms. The molecule has 170 valence electrons. The number of thioether (sulfide) groups is 1. The fourth-order valence-electron chi connectivity index (χ4n) is 4.00. The number of unbranched alkanes of at least 4 members (excludes halogenated alkanes) is 1. The van der Waals surface area contributed by atoms with Gasteiger partial charge in [0.2, 0.25) is 0 Å². The highest BCUT2D eigenvalue weighted by atomic mass is 32.2. The molecule has 1 aromatic heterocycles. The average molecular weight is 476 g/mol. The van der Waals surface area contributed by atoms with Crippen LogP contribution in [0.25, 0.3) is 23.0 Å². The van der Waals surface area contributed by atoms with E-state index in [4.69, 9.17) is 17.3 Å². The Morgan fingerprint density at radius 3 is 2.42 bits per heavy atom. The number of carbonyl (C=O) groups excluding carboxylic acids is 1. The SMILES string of the molecule is CCCCC(CC)CN1C(=O)/C(=C/c2cn(-c3ccccc3)nc2-c2ccccc2)SC1=S. The quantitative estimate of drug-likeness (QED) is 0.248. The molecule has 0 radical (unpaired) electrons. The maximum absolute atomic E-state index is 13.3. The summed E-state index contributed by atoms with van der Waals surface area (Å²) in [4.78, 5) is 15.7. The zero-order valence-electron chi connectivity index (χ0n) is 19.1. The topological polar surface area (TPSA) is 38.1 Å². The van der Waals surface area contributed by atoms with Crippen LogP contribution in [0.5, 0.6) is 0 Å². The van der Waals surface area contributed by atoms with Gasteiger partial charge in [0.25, 0.3) is 5.91 Å². The minimum atomic E-state index is 0.00595. The minimum Gasteiger partial charge on any atom is -0.293 e. The fourth-order valence-corrected chi connectivity index (χ4v) is 5.27. The van der Waals surface area contributed by atoms with Gasteiger partial charge in [0.05, 0.1) is 16.3 Å². The monoisotopic (exact) mass is 475 g/mol. The Balaban J connectivity index is 1.66. The lowest BCUT2D eigenvalue weighted by atomic mass is 9.99. The van der Waals surface area contributed by atoms with Gasteiger partial charge >= 0.3 is 0 Å². The molecule has 4 nitrogen and oxygen atoms in total. The molecule has 0 N–H and O–H groups in total. The van der Waals surface area contributed by atoms with Crippen molar-refractivity contribution in [1.29, 1.82) is 0 Å². The van der Waals surface area contributed by atoms with E-state index >= 15 is 0 Å². The van der Waals surface area contributed by atoms with Crippen LogP contribution in [0.2, 0.25) is 0 Å². The normalized spacial score (nSPS) is 16.1. The van der Waals surface area contributed by atoms with Crippen molar-refractivity contribution >= 4 is 40.3 Å². The van der Waals surface area contributed by atoms with Crippen molar-refractivity contribution in [3.63, 3.8) is 0 Å². The standard InChI is InChI=1S/C27H29N3OS2/c1-3-5-12-20(4-2)18-29-26(31)24(33-27(29)32)17-22-19-30(23-15-10-7-11-16-23)28-25(22)21-13-8-6-9-14-21/h6-11,13-17,19-20H,3-5,12,18H2,1-2H3/b24-17-. The molecule has 2 heterocycles. The summed E-state index contributed by atoms with van der Waals surface area (Å²) in [6.07, 6.45) is 8.47. The van der Waals surface area contributed by atoms with Crippen LogP contribution in [0, 0.1) is 5.92 Å². The summed E-state index contributed by atoms with van der Waals surface area (Å²) in [7, 11) is 0. The first-order valence-corrected chi connectivity index (χ1v) is 12.8. The minimum absolute atomic E-state index is 0.00595. The molecule has 1 atom stereocenters. The summed E-state index contributed by atoms with van der Waals surface area (Å²) in [6.45, 7) is 5.10. The van der Waals surface area contributed by atoms with Crippen LogP contribution >= 0.6 is 24.0 Å². The number of nitrogens with zero attached hydrogens (tertiary/aromatic N) is 3. The second kappa shape index (κ2) is 10.9. The van der Waals surface area contributed by atoms with E-state index in [0.29, 0.717) is 21.7 Å². The van der Waals surface area contributed by atoms with E-state index in [1.165, 1.54) is 24.6 Å². The van der Waals surface area contributed by atoms with Crippen molar-refractivity contribution in [2.45, 2.75) is 39.5 Å². The van der Waals surface area contributed by atoms with Crippen molar-refractivity contribution in [1.82, 2.24) is 14.7 Å². The van der Waals surface area contributed by atoms with Crippen LogP contribution in [-0.2, 0) is 4.79 Å². The summed E-state index contributed by atoms with van der Waals surface area (Å²) in [5.74, 6) is 0.485. The number of rotatable bonds is 9. The summed E-state index contributed by atoms with van der Waals surface area (Å²) in [5.41, 5.74) is 3.74. The molecule has 1 fully saturated rings. The third kappa shape index (κ3) is 5.45. The number of para-hydroxylation sites is 1. The fraction of sp³-hybridized carbons (Fsp3) is 0.296. The lowest BCUT2D eigenvalue weighted by Gasteiger charge is -2.21. The van der Waals surface area contributed by atoms with Crippen LogP contribution in [-0.4, -0.2) is 31.5 Å². The first-order chi connectivity index (χ1) is 16.1. The lowest BCUT2D eigenvalue weighted by Crippen LogP contribution is -2.33. The molecule has 0 aliphatic carbocycles. The first-order valence-electron chi connectivity index (χ1n) is 11.6.